The summed E-state index contributed by atoms with van der Waals surface area (Å²) in [7, 11) is -3.79. The van der Waals surface area contributed by atoms with E-state index in [4.69, 9.17) is 9.88 Å². The second kappa shape index (κ2) is 12.3. The summed E-state index contributed by atoms with van der Waals surface area (Å²) in [5, 5.41) is 13.1. The first kappa shape index (κ1) is 25.5. The Morgan fingerprint density at radius 1 is 1.03 bits per heavy atom. The van der Waals surface area contributed by atoms with Crippen LogP contribution in [0.1, 0.15) is 5.69 Å². The molecule has 0 bridgehead atoms. The van der Waals surface area contributed by atoms with Crippen LogP contribution in [0.5, 0.6) is 0 Å². The predicted molar refractivity (Wildman–Crippen MR) is 109 cm³/mol. The standard InChI is InChI=1S/C16H15N4O4S.C5H5.Fe/c17-25(22,23)15-7-3-6-14(10-15)20-11-13(18-19-20)8-9-24-16(21)12-4-1-2-5-12;1-2-4-5-3-1;/h1-7,10-11H,8-9H2,(H2,17,22,23);1-5H;/q;;+2. The zero-order valence-corrected chi connectivity index (χ0v) is 18.2. The maximum Gasteiger partial charge on any atom is 2.00 e. The second-order valence-corrected chi connectivity index (χ2v) is 7.78. The molecule has 2 saturated carbocycles. The molecule has 2 N–H and O–H groups in total. The molecule has 2 fully saturated rings. The van der Waals surface area contributed by atoms with Gasteiger partial charge in [0, 0.05) is 6.42 Å². The molecular weight excluding hydrogens is 460 g/mol. The van der Waals surface area contributed by atoms with Gasteiger partial charge >= 0.3 is 23.0 Å². The third kappa shape index (κ3) is 8.03. The summed E-state index contributed by atoms with van der Waals surface area (Å²) in [6.07, 6.45) is 18.9. The number of ether oxygens (including phenoxy) is 1. The molecule has 2 aliphatic carbocycles. The Hall–Kier alpha value is -1.74. The molecule has 0 amide bonds. The topological polar surface area (TPSA) is 117 Å². The first-order chi connectivity index (χ1) is 14.4. The number of sulfonamides is 1. The summed E-state index contributed by atoms with van der Waals surface area (Å²) in [6, 6.07) is 6.06. The van der Waals surface area contributed by atoms with Crippen LogP contribution in [0, 0.1) is 63.7 Å². The molecule has 0 aliphatic heterocycles. The average Bonchev–Trinajstić information content (AvgIpc) is 3.51. The van der Waals surface area contributed by atoms with Gasteiger partial charge in [-0.05, 0) is 76.0 Å². The molecule has 0 atom stereocenters. The zero-order valence-electron chi connectivity index (χ0n) is 16.3. The molecule has 1 aromatic heterocycles. The number of esters is 1. The Bertz CT molecular complexity index is 931. The van der Waals surface area contributed by atoms with E-state index in [9.17, 15) is 13.2 Å². The summed E-state index contributed by atoms with van der Waals surface area (Å²) in [4.78, 5) is 11.7. The number of nitrogens with zero attached hydrogens (tertiary/aromatic N) is 3. The maximum atomic E-state index is 11.7. The van der Waals surface area contributed by atoms with E-state index in [0.717, 1.165) is 0 Å². The van der Waals surface area contributed by atoms with E-state index in [1.54, 1.807) is 44.0 Å². The second-order valence-electron chi connectivity index (χ2n) is 6.22. The molecule has 31 heavy (non-hydrogen) atoms. The molecule has 2 aliphatic rings. The fourth-order valence-corrected chi connectivity index (χ4v) is 3.06. The Morgan fingerprint density at radius 2 is 1.68 bits per heavy atom. The van der Waals surface area contributed by atoms with Crippen LogP contribution in [-0.2, 0) is 43.0 Å². The van der Waals surface area contributed by atoms with Gasteiger partial charge in [-0.15, -0.1) is 5.10 Å². The van der Waals surface area contributed by atoms with Gasteiger partial charge in [0.25, 0.3) is 0 Å². The van der Waals surface area contributed by atoms with Gasteiger partial charge in [-0.25, -0.2) is 18.2 Å². The van der Waals surface area contributed by atoms with Crippen LogP contribution in [0.4, 0.5) is 0 Å². The van der Waals surface area contributed by atoms with Crippen LogP contribution in [0.15, 0.2) is 35.4 Å². The van der Waals surface area contributed by atoms with Crippen molar-refractivity contribution >= 4 is 16.0 Å². The Kier molecular flexibility index (Phi) is 10.2. The van der Waals surface area contributed by atoms with E-state index in [2.05, 4.69) is 10.3 Å². The fraction of sp³-hybridized carbons (Fsp3) is 0.0952. The summed E-state index contributed by atoms with van der Waals surface area (Å²) >= 11 is 0. The number of benzene rings is 1. The summed E-state index contributed by atoms with van der Waals surface area (Å²) < 4.78 is 29.4. The zero-order chi connectivity index (χ0) is 21.4. The molecule has 0 spiro atoms. The van der Waals surface area contributed by atoms with Crippen molar-refractivity contribution < 1.29 is 35.0 Å². The van der Waals surface area contributed by atoms with Crippen molar-refractivity contribution in [3.8, 4) is 5.69 Å². The number of hydrogen-bond acceptors (Lipinski definition) is 6. The van der Waals surface area contributed by atoms with Crippen LogP contribution in [0.2, 0.25) is 0 Å². The third-order valence-corrected chi connectivity index (χ3v) is 4.91. The van der Waals surface area contributed by atoms with Crippen LogP contribution in [-0.4, -0.2) is 36.0 Å². The number of hydrogen-bond donors (Lipinski definition) is 1. The molecular formula is C21H20FeN4O4S+2. The van der Waals surface area contributed by atoms with E-state index in [1.165, 1.54) is 16.8 Å². The minimum absolute atomic E-state index is 0. The molecule has 4 rings (SSSR count). The number of primary sulfonamides is 1. The first-order valence-electron chi connectivity index (χ1n) is 9.03. The van der Waals surface area contributed by atoms with E-state index in [0.29, 0.717) is 23.7 Å². The quantitative estimate of drug-likeness (QED) is 0.494. The Labute approximate surface area is 194 Å². The third-order valence-electron chi connectivity index (χ3n) is 4.00. The first-order valence-corrected chi connectivity index (χ1v) is 10.6. The minimum atomic E-state index is -3.79. The summed E-state index contributed by atoms with van der Waals surface area (Å²) in [6.45, 7) is 0.167. The molecule has 10 heteroatoms. The fourth-order valence-electron chi connectivity index (χ4n) is 2.50. The van der Waals surface area contributed by atoms with Gasteiger partial charge in [0.2, 0.25) is 10.0 Å². The van der Waals surface area contributed by atoms with Gasteiger partial charge in [-0.1, -0.05) is 11.3 Å². The van der Waals surface area contributed by atoms with Crippen molar-refractivity contribution in [3.05, 3.63) is 99.9 Å². The molecule has 1 aromatic carbocycles. The van der Waals surface area contributed by atoms with Crippen molar-refractivity contribution in [2.24, 2.45) is 5.14 Å². The van der Waals surface area contributed by atoms with Crippen molar-refractivity contribution in [2.75, 3.05) is 6.61 Å². The van der Waals surface area contributed by atoms with Gasteiger partial charge in [0.05, 0.1) is 35.0 Å². The van der Waals surface area contributed by atoms with E-state index < -0.39 is 16.0 Å². The minimum Gasteiger partial charge on any atom is -0.465 e. The predicted octanol–water partition coefficient (Wildman–Crippen LogP) is 1.42. The molecule has 0 unspecified atom stereocenters. The summed E-state index contributed by atoms with van der Waals surface area (Å²) in [5.74, 6) is 0.113. The summed E-state index contributed by atoms with van der Waals surface area (Å²) in [5.41, 5.74) is 1.12. The monoisotopic (exact) mass is 480 g/mol. The van der Waals surface area contributed by atoms with E-state index in [1.807, 2.05) is 32.1 Å². The number of rotatable bonds is 6. The smallest absolute Gasteiger partial charge is 0.465 e. The van der Waals surface area contributed by atoms with E-state index in [-0.39, 0.29) is 28.6 Å². The number of nitrogens with two attached hydrogens (primary N) is 1. The average molecular weight is 480 g/mol. The molecule has 160 valence electrons. The van der Waals surface area contributed by atoms with E-state index >= 15 is 0 Å². The molecule has 0 saturated heterocycles. The van der Waals surface area contributed by atoms with Crippen molar-refractivity contribution in [1.82, 2.24) is 15.0 Å². The van der Waals surface area contributed by atoms with Gasteiger partial charge in [-0.3, -0.25) is 4.79 Å². The van der Waals surface area contributed by atoms with Crippen LogP contribution < -0.4 is 5.14 Å². The van der Waals surface area contributed by atoms with Gasteiger partial charge in [0.15, 0.2) is 0 Å². The van der Waals surface area contributed by atoms with Crippen LogP contribution in [0.25, 0.3) is 5.69 Å². The maximum absolute atomic E-state index is 11.7. The van der Waals surface area contributed by atoms with Gasteiger partial charge in [-0.2, -0.15) is 0 Å². The number of carbonyl (C=O) groups is 1. The molecule has 2 aromatic rings. The van der Waals surface area contributed by atoms with Gasteiger partial charge in [0.1, 0.15) is 0 Å². The van der Waals surface area contributed by atoms with Crippen LogP contribution >= 0.6 is 0 Å². The number of aromatic nitrogens is 3. The van der Waals surface area contributed by atoms with Gasteiger partial charge < -0.3 is 4.74 Å². The SMILES string of the molecule is NS(=O)(=O)c1cccc(-n2cc(CCOC(=O)[C]3[CH][CH][CH][CH]3)nn2)c1.[CH]1[CH][CH][CH][CH]1.[Fe+2]. The van der Waals surface area contributed by atoms with Crippen molar-refractivity contribution in [1.29, 1.82) is 0 Å². The largest absolute Gasteiger partial charge is 2.00 e. The Morgan fingerprint density at radius 3 is 2.29 bits per heavy atom. The molecule has 8 nitrogen and oxygen atoms in total. The molecule has 10 radical (unpaired) electrons. The van der Waals surface area contributed by atoms with Crippen LogP contribution in [0.3, 0.4) is 0 Å². The van der Waals surface area contributed by atoms with Crippen molar-refractivity contribution in [3.63, 3.8) is 0 Å². The van der Waals surface area contributed by atoms with Crippen molar-refractivity contribution in [2.45, 2.75) is 11.3 Å². The normalized spacial score (nSPS) is 16.3. The Balaban J connectivity index is 0.000000501. The number of carbonyl (C=O) groups excluding carboxylic acids is 1. The molecule has 1 heterocycles.